The van der Waals surface area contributed by atoms with Crippen molar-refractivity contribution < 1.29 is 29.0 Å². The number of likely N-dealkylation sites (tertiary alicyclic amines) is 1. The van der Waals surface area contributed by atoms with Crippen LogP contribution < -0.4 is 4.74 Å². The van der Waals surface area contributed by atoms with Gasteiger partial charge in [0.1, 0.15) is 11.5 Å². The zero-order chi connectivity index (χ0) is 26.1. The molecule has 1 atom stereocenters. The number of Topliss-reactive ketones (excluding diaryl/α,β-unsaturated/α-hetero) is 1. The van der Waals surface area contributed by atoms with E-state index in [0.717, 1.165) is 11.3 Å². The maximum absolute atomic E-state index is 13.3. The number of pyridine rings is 1. The third kappa shape index (κ3) is 4.70. The second kappa shape index (κ2) is 9.89. The van der Waals surface area contributed by atoms with Gasteiger partial charge in [-0.3, -0.25) is 14.6 Å². The first-order valence-corrected chi connectivity index (χ1v) is 12.1. The minimum Gasteiger partial charge on any atom is -0.507 e. The number of aromatic nitrogens is 1. The van der Waals surface area contributed by atoms with E-state index in [2.05, 4.69) is 4.98 Å². The number of esters is 1. The van der Waals surface area contributed by atoms with Crippen molar-refractivity contribution in [2.24, 2.45) is 0 Å². The maximum Gasteiger partial charge on any atom is 0.338 e. The highest BCUT2D eigenvalue weighted by molar-refractivity contribution is 6.46. The highest BCUT2D eigenvalue weighted by Crippen LogP contribution is 2.40. The van der Waals surface area contributed by atoms with E-state index < -0.39 is 23.7 Å². The molecule has 0 radical (unpaired) electrons. The van der Waals surface area contributed by atoms with Gasteiger partial charge in [0, 0.05) is 30.9 Å². The molecular weight excluding hydrogens is 472 g/mol. The van der Waals surface area contributed by atoms with Gasteiger partial charge in [0.05, 0.1) is 29.9 Å². The van der Waals surface area contributed by atoms with E-state index in [9.17, 15) is 19.5 Å². The Bertz CT molecular complexity index is 1400. The third-order valence-corrected chi connectivity index (χ3v) is 6.39. The largest absolute Gasteiger partial charge is 0.507 e. The Morgan fingerprint density at radius 2 is 1.89 bits per heavy atom. The first-order valence-electron chi connectivity index (χ1n) is 12.1. The van der Waals surface area contributed by atoms with E-state index in [-0.39, 0.29) is 24.0 Å². The number of hydrogen-bond donors (Lipinski definition) is 1. The lowest BCUT2D eigenvalue weighted by atomic mass is 9.95. The summed E-state index contributed by atoms with van der Waals surface area (Å²) in [7, 11) is 0. The van der Waals surface area contributed by atoms with E-state index in [1.165, 1.54) is 4.90 Å². The maximum atomic E-state index is 13.3. The summed E-state index contributed by atoms with van der Waals surface area (Å²) in [4.78, 5) is 44.3. The number of carbonyl (C=O) groups is 3. The van der Waals surface area contributed by atoms with Gasteiger partial charge in [-0.15, -0.1) is 0 Å². The molecule has 0 spiro atoms. The van der Waals surface area contributed by atoms with Crippen molar-refractivity contribution >= 4 is 23.4 Å². The van der Waals surface area contributed by atoms with Crippen LogP contribution >= 0.6 is 0 Å². The van der Waals surface area contributed by atoms with Crippen LogP contribution in [0.2, 0.25) is 0 Å². The quantitative estimate of drug-likeness (QED) is 0.235. The molecule has 1 saturated heterocycles. The highest BCUT2D eigenvalue weighted by Gasteiger charge is 2.46. The molecule has 0 bridgehead atoms. The smallest absolute Gasteiger partial charge is 0.338 e. The molecule has 1 N–H and O–H groups in total. The van der Waals surface area contributed by atoms with Gasteiger partial charge in [0.15, 0.2) is 0 Å². The second-order valence-corrected chi connectivity index (χ2v) is 9.29. The molecule has 37 heavy (non-hydrogen) atoms. The van der Waals surface area contributed by atoms with Gasteiger partial charge in [-0.1, -0.05) is 18.2 Å². The molecule has 8 heteroatoms. The Balaban J connectivity index is 1.51. The molecule has 8 nitrogen and oxygen atoms in total. The average Bonchev–Trinajstić information content (AvgIpc) is 3.46. The van der Waals surface area contributed by atoms with Crippen LogP contribution in [0.4, 0.5) is 0 Å². The Morgan fingerprint density at radius 1 is 1.14 bits per heavy atom. The lowest BCUT2D eigenvalue weighted by Gasteiger charge is -2.25. The van der Waals surface area contributed by atoms with Crippen LogP contribution in [0.5, 0.6) is 5.75 Å². The van der Waals surface area contributed by atoms with Crippen molar-refractivity contribution in [1.29, 1.82) is 0 Å². The number of amides is 1. The number of carbonyl (C=O) groups excluding carboxylic acids is 3. The average molecular weight is 499 g/mol. The molecule has 2 aliphatic heterocycles. The van der Waals surface area contributed by atoms with Crippen LogP contribution in [0, 0.1) is 0 Å². The van der Waals surface area contributed by atoms with Crippen LogP contribution in [0.1, 0.15) is 52.5 Å². The molecule has 188 valence electrons. The zero-order valence-electron chi connectivity index (χ0n) is 20.5. The molecule has 0 saturated carbocycles. The predicted molar refractivity (Wildman–Crippen MR) is 135 cm³/mol. The fourth-order valence-electron chi connectivity index (χ4n) is 4.64. The predicted octanol–water partition coefficient (Wildman–Crippen LogP) is 4.20. The van der Waals surface area contributed by atoms with E-state index >= 15 is 0 Å². The van der Waals surface area contributed by atoms with Gasteiger partial charge in [-0.05, 0) is 66.9 Å². The van der Waals surface area contributed by atoms with Crippen molar-refractivity contribution in [2.45, 2.75) is 39.0 Å². The van der Waals surface area contributed by atoms with E-state index in [0.29, 0.717) is 35.3 Å². The number of aliphatic hydroxyl groups is 1. The third-order valence-electron chi connectivity index (χ3n) is 6.39. The number of fused-ring (bicyclic) bond motifs is 1. The van der Waals surface area contributed by atoms with E-state index in [1.54, 1.807) is 80.8 Å². The first-order chi connectivity index (χ1) is 17.8. The number of aliphatic hydroxyl groups excluding tert-OH is 1. The van der Waals surface area contributed by atoms with E-state index in [4.69, 9.17) is 9.47 Å². The summed E-state index contributed by atoms with van der Waals surface area (Å²) in [5, 5.41) is 11.3. The minimum atomic E-state index is -0.830. The van der Waals surface area contributed by atoms with Crippen LogP contribution in [0.25, 0.3) is 5.76 Å². The fraction of sp³-hybridized carbons (Fsp3) is 0.241. The summed E-state index contributed by atoms with van der Waals surface area (Å²) in [6, 6.07) is 14.6. The van der Waals surface area contributed by atoms with Crippen molar-refractivity contribution in [3.63, 3.8) is 0 Å². The highest BCUT2D eigenvalue weighted by atomic mass is 16.5. The first kappa shape index (κ1) is 24.2. The molecule has 1 amide bonds. The molecule has 3 aromatic rings. The molecule has 0 aliphatic carbocycles. The SMILES string of the molecule is CC(C)OC(=O)c1ccc(CN2C(=O)C(=O)/C(=C(\O)c3ccc4c(c3)CCO4)C2c2cccnc2)cc1. The van der Waals surface area contributed by atoms with Crippen molar-refractivity contribution in [1.82, 2.24) is 9.88 Å². The molecule has 1 aromatic heterocycles. The number of ketones is 1. The monoisotopic (exact) mass is 498 g/mol. The van der Waals surface area contributed by atoms with Crippen LogP contribution in [0.3, 0.4) is 0 Å². The fourth-order valence-corrected chi connectivity index (χ4v) is 4.64. The van der Waals surface area contributed by atoms with Crippen LogP contribution in [-0.2, 0) is 27.3 Å². The van der Waals surface area contributed by atoms with Gasteiger partial charge in [-0.2, -0.15) is 0 Å². The molecule has 5 rings (SSSR count). The van der Waals surface area contributed by atoms with Gasteiger partial charge >= 0.3 is 5.97 Å². The molecule has 3 heterocycles. The molecular formula is C29H26N2O6. The van der Waals surface area contributed by atoms with Crippen LogP contribution in [-0.4, -0.2) is 45.4 Å². The summed E-state index contributed by atoms with van der Waals surface area (Å²) >= 11 is 0. The topological polar surface area (TPSA) is 106 Å². The minimum absolute atomic E-state index is 0.00833. The Labute approximate surface area is 214 Å². The molecule has 2 aliphatic rings. The number of benzene rings is 2. The number of nitrogens with zero attached hydrogens (tertiary/aromatic N) is 2. The van der Waals surface area contributed by atoms with Crippen molar-refractivity contribution in [3.8, 4) is 5.75 Å². The summed E-state index contributed by atoms with van der Waals surface area (Å²) in [5.74, 6) is -1.40. The van der Waals surface area contributed by atoms with E-state index in [1.807, 2.05) is 0 Å². The van der Waals surface area contributed by atoms with Gasteiger partial charge in [0.2, 0.25) is 0 Å². The molecule has 1 unspecified atom stereocenters. The summed E-state index contributed by atoms with van der Waals surface area (Å²) < 4.78 is 10.8. The van der Waals surface area contributed by atoms with Gasteiger partial charge < -0.3 is 19.5 Å². The number of rotatable bonds is 6. The second-order valence-electron chi connectivity index (χ2n) is 9.29. The van der Waals surface area contributed by atoms with Crippen LogP contribution in [0.15, 0.2) is 72.6 Å². The summed E-state index contributed by atoms with van der Waals surface area (Å²) in [6.45, 7) is 4.21. The lowest BCUT2D eigenvalue weighted by molar-refractivity contribution is -0.140. The summed E-state index contributed by atoms with van der Waals surface area (Å²) in [6.07, 6.45) is 3.65. The summed E-state index contributed by atoms with van der Waals surface area (Å²) in [5.41, 5.74) is 3.10. The Morgan fingerprint density at radius 3 is 2.59 bits per heavy atom. The van der Waals surface area contributed by atoms with Crippen molar-refractivity contribution in [3.05, 3.63) is 100 Å². The number of ether oxygens (including phenoxy) is 2. The van der Waals surface area contributed by atoms with Crippen molar-refractivity contribution in [2.75, 3.05) is 6.61 Å². The lowest BCUT2D eigenvalue weighted by Crippen LogP contribution is -2.29. The van der Waals surface area contributed by atoms with Gasteiger partial charge in [-0.25, -0.2) is 4.79 Å². The Hall–Kier alpha value is -4.46. The number of hydrogen-bond acceptors (Lipinski definition) is 7. The standard InChI is InChI=1S/C29H26N2O6/c1-17(2)37-29(35)19-7-5-18(6-8-19)16-31-25(22-4-3-12-30-15-22)24(27(33)28(31)34)26(32)21-9-10-23-20(14-21)11-13-36-23/h3-10,12,14-15,17,25,32H,11,13,16H2,1-2H3/b26-24-. The molecule has 1 fully saturated rings. The molecule has 2 aromatic carbocycles. The Kier molecular flexibility index (Phi) is 6.48. The normalized spacial score (nSPS) is 18.1. The van der Waals surface area contributed by atoms with Gasteiger partial charge in [0.25, 0.3) is 11.7 Å². The zero-order valence-corrected chi connectivity index (χ0v) is 20.5.